The third-order valence-electron chi connectivity index (χ3n) is 4.14. The third-order valence-corrected chi connectivity index (χ3v) is 4.14. The van der Waals surface area contributed by atoms with Crippen LogP contribution in [-0.4, -0.2) is 53.7 Å². The van der Waals surface area contributed by atoms with Crippen molar-refractivity contribution in [3.63, 3.8) is 0 Å². The van der Waals surface area contributed by atoms with Crippen molar-refractivity contribution >= 4 is 23.4 Å². The maximum Gasteiger partial charge on any atom is 0.253 e. The molecule has 0 bridgehead atoms. The van der Waals surface area contributed by atoms with E-state index in [0.29, 0.717) is 37.4 Å². The first-order chi connectivity index (χ1) is 11.7. The molecule has 1 fully saturated rings. The zero-order valence-electron chi connectivity index (χ0n) is 15.5. The fraction of sp³-hybridized carbons (Fsp3) is 0.526. The highest BCUT2D eigenvalue weighted by atomic mass is 16.2. The van der Waals surface area contributed by atoms with Crippen LogP contribution in [-0.2, 0) is 9.59 Å². The molecule has 25 heavy (non-hydrogen) atoms. The van der Waals surface area contributed by atoms with Crippen LogP contribution in [0.3, 0.4) is 0 Å². The Balaban J connectivity index is 2.06. The average Bonchev–Trinajstić information content (AvgIpc) is 2.78. The number of carbonyl (C=O) groups is 3. The molecule has 0 radical (unpaired) electrons. The minimum absolute atomic E-state index is 0.0720. The molecule has 1 saturated heterocycles. The molecular formula is C19H27N3O3. The lowest BCUT2D eigenvalue weighted by Crippen LogP contribution is -2.42. The van der Waals surface area contributed by atoms with E-state index in [9.17, 15) is 14.4 Å². The topological polar surface area (TPSA) is 69.7 Å². The van der Waals surface area contributed by atoms with Crippen molar-refractivity contribution in [1.82, 2.24) is 9.80 Å². The summed E-state index contributed by atoms with van der Waals surface area (Å²) in [5.74, 6) is -0.123. The predicted octanol–water partition coefficient (Wildman–Crippen LogP) is 2.37. The first kappa shape index (κ1) is 19.0. The lowest BCUT2D eigenvalue weighted by Gasteiger charge is -2.28. The van der Waals surface area contributed by atoms with Crippen molar-refractivity contribution in [2.75, 3.05) is 31.5 Å². The Morgan fingerprint density at radius 2 is 1.64 bits per heavy atom. The van der Waals surface area contributed by atoms with Crippen molar-refractivity contribution in [1.29, 1.82) is 0 Å². The third kappa shape index (κ3) is 5.05. The molecule has 0 aliphatic carbocycles. The monoisotopic (exact) mass is 345 g/mol. The van der Waals surface area contributed by atoms with E-state index in [0.717, 1.165) is 6.42 Å². The maximum atomic E-state index is 12.8. The molecule has 0 spiro atoms. The number of hydrogen-bond donors (Lipinski definition) is 1. The molecular weight excluding hydrogens is 318 g/mol. The van der Waals surface area contributed by atoms with Crippen molar-refractivity contribution in [3.8, 4) is 0 Å². The van der Waals surface area contributed by atoms with Crippen molar-refractivity contribution in [2.24, 2.45) is 5.41 Å². The molecule has 1 aromatic carbocycles. The molecule has 1 heterocycles. The smallest absolute Gasteiger partial charge is 0.253 e. The van der Waals surface area contributed by atoms with Gasteiger partial charge < -0.3 is 15.1 Å². The minimum atomic E-state index is -0.411. The highest BCUT2D eigenvalue weighted by Crippen LogP contribution is 2.20. The Morgan fingerprint density at radius 3 is 2.28 bits per heavy atom. The Labute approximate surface area is 149 Å². The molecule has 136 valence electrons. The fourth-order valence-electron chi connectivity index (χ4n) is 2.91. The van der Waals surface area contributed by atoms with E-state index in [1.807, 2.05) is 25.7 Å². The minimum Gasteiger partial charge on any atom is -0.340 e. The van der Waals surface area contributed by atoms with Crippen molar-refractivity contribution < 1.29 is 14.4 Å². The molecule has 0 aromatic heterocycles. The second-order valence-corrected chi connectivity index (χ2v) is 7.45. The molecule has 1 N–H and O–H groups in total. The van der Waals surface area contributed by atoms with Crippen LogP contribution < -0.4 is 5.32 Å². The summed E-state index contributed by atoms with van der Waals surface area (Å²) in [4.78, 5) is 40.0. The molecule has 1 aromatic rings. The zero-order valence-corrected chi connectivity index (χ0v) is 15.5. The normalized spacial score (nSPS) is 15.5. The standard InChI is InChI=1S/C19H27N3O3/c1-14(23)20-16-8-5-7-15(13-16)17(24)21-9-6-10-22(12-11-21)18(25)19(2,3)4/h5,7-8,13H,6,9-12H2,1-4H3,(H,20,23). The molecule has 6 heteroatoms. The van der Waals surface area contributed by atoms with Crippen LogP contribution in [0.4, 0.5) is 5.69 Å². The lowest BCUT2D eigenvalue weighted by atomic mass is 9.94. The molecule has 1 aliphatic heterocycles. The van der Waals surface area contributed by atoms with Gasteiger partial charge >= 0.3 is 0 Å². The van der Waals surface area contributed by atoms with E-state index < -0.39 is 5.41 Å². The fourth-order valence-corrected chi connectivity index (χ4v) is 2.91. The van der Waals surface area contributed by atoms with Gasteiger partial charge in [-0.1, -0.05) is 26.8 Å². The van der Waals surface area contributed by atoms with Crippen LogP contribution in [0.5, 0.6) is 0 Å². The first-order valence-electron chi connectivity index (χ1n) is 8.65. The molecule has 1 aliphatic rings. The average molecular weight is 345 g/mol. The van der Waals surface area contributed by atoms with Gasteiger partial charge in [0.05, 0.1) is 0 Å². The molecule has 6 nitrogen and oxygen atoms in total. The van der Waals surface area contributed by atoms with Crippen LogP contribution in [0.2, 0.25) is 0 Å². The largest absolute Gasteiger partial charge is 0.340 e. The number of amides is 3. The van der Waals surface area contributed by atoms with E-state index in [4.69, 9.17) is 0 Å². The highest BCUT2D eigenvalue weighted by molar-refractivity contribution is 5.96. The van der Waals surface area contributed by atoms with Gasteiger partial charge in [-0.2, -0.15) is 0 Å². The van der Waals surface area contributed by atoms with Crippen LogP contribution in [0.15, 0.2) is 24.3 Å². The summed E-state index contributed by atoms with van der Waals surface area (Å²) >= 11 is 0. The quantitative estimate of drug-likeness (QED) is 0.894. The number of carbonyl (C=O) groups excluding carboxylic acids is 3. The first-order valence-corrected chi connectivity index (χ1v) is 8.65. The van der Waals surface area contributed by atoms with Crippen molar-refractivity contribution in [3.05, 3.63) is 29.8 Å². The molecule has 3 amide bonds. The number of anilines is 1. The maximum absolute atomic E-state index is 12.8. The Hall–Kier alpha value is -2.37. The molecule has 0 unspecified atom stereocenters. The van der Waals surface area contributed by atoms with Crippen LogP contribution >= 0.6 is 0 Å². The molecule has 0 atom stereocenters. The summed E-state index contributed by atoms with van der Waals surface area (Å²) in [6, 6.07) is 6.94. The summed E-state index contributed by atoms with van der Waals surface area (Å²) in [6.45, 7) is 9.54. The highest BCUT2D eigenvalue weighted by Gasteiger charge is 2.29. The van der Waals surface area contributed by atoms with E-state index >= 15 is 0 Å². The van der Waals surface area contributed by atoms with E-state index in [1.165, 1.54) is 6.92 Å². The zero-order chi connectivity index (χ0) is 18.6. The van der Waals surface area contributed by atoms with Crippen LogP contribution in [0, 0.1) is 5.41 Å². The Kier molecular flexibility index (Phi) is 5.82. The van der Waals surface area contributed by atoms with Gasteiger partial charge in [0.1, 0.15) is 0 Å². The number of nitrogens with one attached hydrogen (secondary N) is 1. The van der Waals surface area contributed by atoms with Gasteiger partial charge in [-0.25, -0.2) is 0 Å². The SMILES string of the molecule is CC(=O)Nc1cccc(C(=O)N2CCCN(C(=O)C(C)(C)C)CC2)c1. The number of benzene rings is 1. The van der Waals surface area contributed by atoms with Gasteiger partial charge in [-0.05, 0) is 24.6 Å². The van der Waals surface area contributed by atoms with Crippen LogP contribution in [0.25, 0.3) is 0 Å². The summed E-state index contributed by atoms with van der Waals surface area (Å²) in [5, 5.41) is 2.69. The van der Waals surface area contributed by atoms with Crippen LogP contribution in [0.1, 0.15) is 44.5 Å². The summed E-state index contributed by atoms with van der Waals surface area (Å²) in [6.07, 6.45) is 0.763. The van der Waals surface area contributed by atoms with Gasteiger partial charge in [0.25, 0.3) is 5.91 Å². The van der Waals surface area contributed by atoms with E-state index in [1.54, 1.807) is 29.2 Å². The van der Waals surface area contributed by atoms with Crippen molar-refractivity contribution in [2.45, 2.75) is 34.1 Å². The summed E-state index contributed by atoms with van der Waals surface area (Å²) in [5.41, 5.74) is 0.742. The summed E-state index contributed by atoms with van der Waals surface area (Å²) < 4.78 is 0. The summed E-state index contributed by atoms with van der Waals surface area (Å²) in [7, 11) is 0. The Bertz CT molecular complexity index is 664. The second-order valence-electron chi connectivity index (χ2n) is 7.45. The Morgan fingerprint density at radius 1 is 1.00 bits per heavy atom. The predicted molar refractivity (Wildman–Crippen MR) is 97.3 cm³/mol. The van der Waals surface area contributed by atoms with E-state index in [-0.39, 0.29) is 17.7 Å². The molecule has 2 rings (SSSR count). The number of hydrogen-bond acceptors (Lipinski definition) is 3. The van der Waals surface area contributed by atoms with Gasteiger partial charge in [0.15, 0.2) is 0 Å². The van der Waals surface area contributed by atoms with Gasteiger partial charge in [0.2, 0.25) is 11.8 Å². The number of rotatable bonds is 2. The second kappa shape index (κ2) is 7.68. The van der Waals surface area contributed by atoms with Gasteiger partial charge in [-0.3, -0.25) is 14.4 Å². The van der Waals surface area contributed by atoms with Gasteiger partial charge in [-0.15, -0.1) is 0 Å². The van der Waals surface area contributed by atoms with E-state index in [2.05, 4.69) is 5.32 Å². The molecule has 0 saturated carbocycles. The van der Waals surface area contributed by atoms with Gasteiger partial charge in [0, 0.05) is 49.8 Å². The lowest BCUT2D eigenvalue weighted by molar-refractivity contribution is -0.139. The number of nitrogens with zero attached hydrogens (tertiary/aromatic N) is 2.